The molecule has 1 atom stereocenters. The van der Waals surface area contributed by atoms with E-state index in [2.05, 4.69) is 17.4 Å². The van der Waals surface area contributed by atoms with E-state index in [0.717, 1.165) is 29.5 Å². The number of fused-ring (bicyclic) bond motifs is 1. The fourth-order valence-electron chi connectivity index (χ4n) is 2.42. The molecule has 0 saturated carbocycles. The molecule has 2 aromatic carbocycles. The predicted octanol–water partition coefficient (Wildman–Crippen LogP) is 4.58. The highest BCUT2D eigenvalue weighted by Crippen LogP contribution is 2.35. The number of rotatable bonds is 2. The summed E-state index contributed by atoms with van der Waals surface area (Å²) in [7, 11) is 0. The zero-order valence-electron chi connectivity index (χ0n) is 10.8. The first-order valence-electron chi connectivity index (χ1n) is 6.48. The van der Waals surface area contributed by atoms with Crippen LogP contribution in [0.1, 0.15) is 23.6 Å². The van der Waals surface area contributed by atoms with E-state index in [-0.39, 0.29) is 6.04 Å². The van der Waals surface area contributed by atoms with E-state index in [4.69, 9.17) is 16.3 Å². The van der Waals surface area contributed by atoms with Gasteiger partial charge in [0.05, 0.1) is 23.4 Å². The Kier molecular flexibility index (Phi) is 3.34. The number of nitrogens with one attached hydrogen (secondary N) is 1. The topological polar surface area (TPSA) is 21.3 Å². The molecular weight excluding hydrogens is 258 g/mol. The molecule has 0 amide bonds. The molecule has 98 valence electrons. The fraction of sp³-hybridized carbons (Fsp3) is 0.250. The lowest BCUT2D eigenvalue weighted by Gasteiger charge is -2.27. The summed E-state index contributed by atoms with van der Waals surface area (Å²) >= 11 is 6.28. The number of para-hydroxylation sites is 1. The van der Waals surface area contributed by atoms with Gasteiger partial charge in [0.2, 0.25) is 0 Å². The van der Waals surface area contributed by atoms with Crippen molar-refractivity contribution in [2.45, 2.75) is 19.4 Å². The van der Waals surface area contributed by atoms with Crippen LogP contribution in [-0.2, 0) is 0 Å². The van der Waals surface area contributed by atoms with Crippen molar-refractivity contribution in [3.63, 3.8) is 0 Å². The van der Waals surface area contributed by atoms with Crippen LogP contribution in [0.25, 0.3) is 0 Å². The van der Waals surface area contributed by atoms with Crippen LogP contribution >= 0.6 is 11.6 Å². The second-order valence-electron chi connectivity index (χ2n) is 4.86. The van der Waals surface area contributed by atoms with E-state index >= 15 is 0 Å². The third kappa shape index (κ3) is 2.54. The molecule has 0 aliphatic carbocycles. The summed E-state index contributed by atoms with van der Waals surface area (Å²) in [6.07, 6.45) is 0.946. The molecule has 1 aliphatic heterocycles. The minimum Gasteiger partial charge on any atom is -0.493 e. The van der Waals surface area contributed by atoms with E-state index in [1.807, 2.05) is 37.3 Å². The highest BCUT2D eigenvalue weighted by molar-refractivity contribution is 6.33. The van der Waals surface area contributed by atoms with Crippen molar-refractivity contribution < 1.29 is 4.74 Å². The van der Waals surface area contributed by atoms with Crippen molar-refractivity contribution in [3.05, 3.63) is 58.6 Å². The Morgan fingerprint density at radius 1 is 1.21 bits per heavy atom. The predicted molar refractivity (Wildman–Crippen MR) is 79.1 cm³/mol. The molecule has 19 heavy (non-hydrogen) atoms. The number of benzene rings is 2. The van der Waals surface area contributed by atoms with Crippen LogP contribution < -0.4 is 10.1 Å². The van der Waals surface area contributed by atoms with E-state index in [9.17, 15) is 0 Å². The molecule has 2 aromatic rings. The molecule has 0 spiro atoms. The molecule has 1 unspecified atom stereocenters. The number of hydrogen-bond acceptors (Lipinski definition) is 2. The Labute approximate surface area is 118 Å². The zero-order valence-corrected chi connectivity index (χ0v) is 11.6. The highest BCUT2D eigenvalue weighted by Gasteiger charge is 2.21. The minimum atomic E-state index is 0.255. The van der Waals surface area contributed by atoms with Gasteiger partial charge in [-0.1, -0.05) is 35.9 Å². The zero-order chi connectivity index (χ0) is 13.2. The SMILES string of the molecule is Cc1ccc(NC2CCOc3ccccc32)c(Cl)c1. The van der Waals surface area contributed by atoms with Crippen LogP contribution in [0, 0.1) is 6.92 Å². The van der Waals surface area contributed by atoms with E-state index in [1.54, 1.807) is 0 Å². The molecule has 0 fully saturated rings. The maximum absolute atomic E-state index is 6.28. The first-order chi connectivity index (χ1) is 9.24. The Hall–Kier alpha value is -1.67. The van der Waals surface area contributed by atoms with Crippen LogP contribution in [0.2, 0.25) is 5.02 Å². The third-order valence-corrected chi connectivity index (χ3v) is 3.73. The molecule has 0 radical (unpaired) electrons. The van der Waals surface area contributed by atoms with Gasteiger partial charge in [0.15, 0.2) is 0 Å². The molecule has 3 rings (SSSR count). The van der Waals surface area contributed by atoms with Crippen LogP contribution in [0.4, 0.5) is 5.69 Å². The first-order valence-corrected chi connectivity index (χ1v) is 6.86. The van der Waals surface area contributed by atoms with E-state index in [1.165, 1.54) is 11.1 Å². The average Bonchev–Trinajstić information content (AvgIpc) is 2.42. The summed E-state index contributed by atoms with van der Waals surface area (Å²) < 4.78 is 5.67. The first kappa shape index (κ1) is 12.4. The molecule has 1 aliphatic rings. The van der Waals surface area contributed by atoms with Gasteiger partial charge in [0.1, 0.15) is 5.75 Å². The standard InChI is InChI=1S/C16H16ClNO/c1-11-6-7-15(13(17)10-11)18-14-8-9-19-16-5-3-2-4-12(14)16/h2-7,10,14,18H,8-9H2,1H3. The van der Waals surface area contributed by atoms with E-state index < -0.39 is 0 Å². The summed E-state index contributed by atoms with van der Waals surface area (Å²) in [5.41, 5.74) is 3.35. The normalized spacial score (nSPS) is 17.5. The van der Waals surface area contributed by atoms with Crippen molar-refractivity contribution in [1.29, 1.82) is 0 Å². The lowest BCUT2D eigenvalue weighted by molar-refractivity contribution is 0.274. The van der Waals surface area contributed by atoms with Crippen LogP contribution in [-0.4, -0.2) is 6.61 Å². The van der Waals surface area contributed by atoms with Gasteiger partial charge in [-0.2, -0.15) is 0 Å². The Morgan fingerprint density at radius 3 is 2.89 bits per heavy atom. The second-order valence-corrected chi connectivity index (χ2v) is 5.26. The van der Waals surface area contributed by atoms with Crippen molar-refractivity contribution >= 4 is 17.3 Å². The van der Waals surface area contributed by atoms with Gasteiger partial charge in [-0.3, -0.25) is 0 Å². The molecular formula is C16H16ClNO. The molecule has 0 bridgehead atoms. The Morgan fingerprint density at radius 2 is 2.05 bits per heavy atom. The van der Waals surface area contributed by atoms with Crippen LogP contribution in [0.15, 0.2) is 42.5 Å². The lowest BCUT2D eigenvalue weighted by atomic mass is 10.0. The number of ether oxygens (including phenoxy) is 1. The third-order valence-electron chi connectivity index (χ3n) is 3.41. The molecule has 1 N–H and O–H groups in total. The monoisotopic (exact) mass is 273 g/mol. The van der Waals surface area contributed by atoms with E-state index in [0.29, 0.717) is 0 Å². The second kappa shape index (κ2) is 5.14. The molecule has 2 nitrogen and oxygen atoms in total. The number of anilines is 1. The van der Waals surface area contributed by atoms with Gasteiger partial charge in [-0.15, -0.1) is 0 Å². The molecule has 1 heterocycles. The minimum absolute atomic E-state index is 0.255. The number of aryl methyl sites for hydroxylation is 1. The van der Waals surface area contributed by atoms with Crippen molar-refractivity contribution in [1.82, 2.24) is 0 Å². The molecule has 0 saturated heterocycles. The van der Waals surface area contributed by atoms with Gasteiger partial charge >= 0.3 is 0 Å². The van der Waals surface area contributed by atoms with Gasteiger partial charge in [0, 0.05) is 12.0 Å². The fourth-order valence-corrected chi connectivity index (χ4v) is 2.71. The Balaban J connectivity index is 1.88. The lowest BCUT2D eigenvalue weighted by Crippen LogP contribution is -2.20. The van der Waals surface area contributed by atoms with Crippen molar-refractivity contribution in [3.8, 4) is 5.75 Å². The van der Waals surface area contributed by atoms with Crippen LogP contribution in [0.5, 0.6) is 5.75 Å². The number of hydrogen-bond donors (Lipinski definition) is 1. The highest BCUT2D eigenvalue weighted by atomic mass is 35.5. The van der Waals surface area contributed by atoms with Gasteiger partial charge in [-0.05, 0) is 30.7 Å². The maximum atomic E-state index is 6.28. The average molecular weight is 274 g/mol. The summed E-state index contributed by atoms with van der Waals surface area (Å²) in [5.74, 6) is 0.967. The van der Waals surface area contributed by atoms with Gasteiger partial charge in [0.25, 0.3) is 0 Å². The maximum Gasteiger partial charge on any atom is 0.124 e. The smallest absolute Gasteiger partial charge is 0.124 e. The van der Waals surface area contributed by atoms with Crippen molar-refractivity contribution in [2.24, 2.45) is 0 Å². The number of halogens is 1. The largest absolute Gasteiger partial charge is 0.493 e. The molecule has 0 aromatic heterocycles. The molecule has 3 heteroatoms. The van der Waals surface area contributed by atoms with Crippen LogP contribution in [0.3, 0.4) is 0 Å². The summed E-state index contributed by atoms with van der Waals surface area (Å²) in [6.45, 7) is 2.78. The summed E-state index contributed by atoms with van der Waals surface area (Å²) in [5, 5.41) is 4.29. The van der Waals surface area contributed by atoms with Gasteiger partial charge < -0.3 is 10.1 Å². The Bertz CT molecular complexity index is 597. The van der Waals surface area contributed by atoms with Gasteiger partial charge in [-0.25, -0.2) is 0 Å². The summed E-state index contributed by atoms with van der Waals surface area (Å²) in [6, 6.07) is 14.5. The van der Waals surface area contributed by atoms with Crippen molar-refractivity contribution in [2.75, 3.05) is 11.9 Å². The quantitative estimate of drug-likeness (QED) is 0.864. The summed E-state index contributed by atoms with van der Waals surface area (Å²) in [4.78, 5) is 0.